The molecule has 2 saturated heterocycles. The standard InChI is InChI=1S/C15H19N3O3S/c19-13(9-18-14(20)2-3-15(18)21)16-8-12(17-5-1-6-17)11-4-7-22-10-11/h4,7,10,12H,1-3,5-6,8-9H2,(H,16,19)/t12-/m0/s1. The van der Waals surface area contributed by atoms with E-state index in [1.54, 1.807) is 11.3 Å². The summed E-state index contributed by atoms with van der Waals surface area (Å²) >= 11 is 1.64. The highest BCUT2D eigenvalue weighted by molar-refractivity contribution is 7.07. The number of amides is 3. The van der Waals surface area contributed by atoms with Gasteiger partial charge in [-0.25, -0.2) is 0 Å². The number of hydrogen-bond donors (Lipinski definition) is 1. The Labute approximate surface area is 133 Å². The molecule has 3 rings (SSSR count). The van der Waals surface area contributed by atoms with Crippen molar-refractivity contribution < 1.29 is 14.4 Å². The van der Waals surface area contributed by atoms with Crippen molar-refractivity contribution in [3.63, 3.8) is 0 Å². The van der Waals surface area contributed by atoms with Crippen LogP contribution >= 0.6 is 11.3 Å². The normalized spacial score (nSPS) is 20.1. The van der Waals surface area contributed by atoms with Crippen LogP contribution in [-0.4, -0.2) is 53.7 Å². The van der Waals surface area contributed by atoms with E-state index < -0.39 is 0 Å². The first-order chi connectivity index (χ1) is 10.6. The van der Waals surface area contributed by atoms with Crippen LogP contribution in [0.2, 0.25) is 0 Å². The summed E-state index contributed by atoms with van der Waals surface area (Å²) in [6, 6.07) is 2.25. The van der Waals surface area contributed by atoms with Crippen LogP contribution in [0.4, 0.5) is 0 Å². The third kappa shape index (κ3) is 3.20. The first-order valence-electron chi connectivity index (χ1n) is 7.51. The Morgan fingerprint density at radius 1 is 1.27 bits per heavy atom. The van der Waals surface area contributed by atoms with Crippen LogP contribution in [0.15, 0.2) is 16.8 Å². The molecule has 2 aliphatic heterocycles. The number of likely N-dealkylation sites (tertiary alicyclic amines) is 2. The summed E-state index contributed by atoms with van der Waals surface area (Å²) in [6.07, 6.45) is 1.63. The largest absolute Gasteiger partial charge is 0.353 e. The van der Waals surface area contributed by atoms with Crippen molar-refractivity contribution in [1.82, 2.24) is 15.1 Å². The lowest BCUT2D eigenvalue weighted by Gasteiger charge is -2.38. The first kappa shape index (κ1) is 15.2. The average molecular weight is 321 g/mol. The van der Waals surface area contributed by atoms with Crippen LogP contribution in [0.5, 0.6) is 0 Å². The Morgan fingerprint density at radius 3 is 2.55 bits per heavy atom. The molecule has 1 atom stereocenters. The molecule has 1 aromatic rings. The molecule has 1 aromatic heterocycles. The molecule has 118 valence electrons. The Kier molecular flexibility index (Phi) is 4.54. The second kappa shape index (κ2) is 6.58. The molecule has 0 saturated carbocycles. The van der Waals surface area contributed by atoms with Crippen molar-refractivity contribution in [2.24, 2.45) is 0 Å². The molecule has 0 radical (unpaired) electrons. The molecule has 0 bridgehead atoms. The lowest BCUT2D eigenvalue weighted by Crippen LogP contribution is -2.47. The number of nitrogens with zero attached hydrogens (tertiary/aromatic N) is 2. The summed E-state index contributed by atoms with van der Waals surface area (Å²) in [4.78, 5) is 38.5. The number of nitrogens with one attached hydrogen (secondary N) is 1. The van der Waals surface area contributed by atoms with Crippen LogP contribution in [0, 0.1) is 0 Å². The van der Waals surface area contributed by atoms with Gasteiger partial charge in [0.25, 0.3) is 0 Å². The molecular weight excluding hydrogens is 302 g/mol. The van der Waals surface area contributed by atoms with Crippen molar-refractivity contribution in [3.8, 4) is 0 Å². The zero-order valence-corrected chi connectivity index (χ0v) is 13.1. The number of hydrogen-bond acceptors (Lipinski definition) is 5. The fourth-order valence-electron chi connectivity index (χ4n) is 2.78. The Hall–Kier alpha value is -1.73. The van der Waals surface area contributed by atoms with E-state index in [2.05, 4.69) is 21.7 Å². The van der Waals surface area contributed by atoms with E-state index in [-0.39, 0.29) is 43.1 Å². The van der Waals surface area contributed by atoms with Crippen molar-refractivity contribution >= 4 is 29.1 Å². The molecule has 22 heavy (non-hydrogen) atoms. The molecular formula is C15H19N3O3S. The number of carbonyl (C=O) groups excluding carboxylic acids is 3. The van der Waals surface area contributed by atoms with Gasteiger partial charge in [0.05, 0.1) is 6.04 Å². The number of thiophene rings is 1. The predicted molar refractivity (Wildman–Crippen MR) is 82.2 cm³/mol. The van der Waals surface area contributed by atoms with Crippen LogP contribution in [-0.2, 0) is 14.4 Å². The molecule has 6 nitrogen and oxygen atoms in total. The minimum atomic E-state index is -0.274. The van der Waals surface area contributed by atoms with Gasteiger partial charge in [-0.05, 0) is 28.8 Å². The average Bonchev–Trinajstić information content (AvgIpc) is 3.06. The quantitative estimate of drug-likeness (QED) is 0.786. The SMILES string of the molecule is O=C(CN1C(=O)CCC1=O)NC[C@@H](c1ccsc1)N1CCC1. The Balaban J connectivity index is 1.54. The Bertz CT molecular complexity index is 553. The minimum Gasteiger partial charge on any atom is -0.353 e. The molecule has 3 heterocycles. The number of imide groups is 1. The van der Waals surface area contributed by atoms with Gasteiger partial charge in [0.15, 0.2) is 0 Å². The number of rotatable bonds is 6. The van der Waals surface area contributed by atoms with Crippen LogP contribution < -0.4 is 5.32 Å². The molecule has 7 heteroatoms. The Morgan fingerprint density at radius 2 is 2.00 bits per heavy atom. The molecule has 1 N–H and O–H groups in total. The highest BCUT2D eigenvalue weighted by Crippen LogP contribution is 2.26. The van der Waals surface area contributed by atoms with E-state index in [0.29, 0.717) is 6.54 Å². The summed E-state index contributed by atoms with van der Waals surface area (Å²) < 4.78 is 0. The molecule has 2 aliphatic rings. The van der Waals surface area contributed by atoms with E-state index in [9.17, 15) is 14.4 Å². The molecule has 0 spiro atoms. The zero-order chi connectivity index (χ0) is 15.5. The summed E-state index contributed by atoms with van der Waals surface area (Å²) in [5.41, 5.74) is 1.21. The van der Waals surface area contributed by atoms with Gasteiger partial charge in [-0.3, -0.25) is 24.2 Å². The van der Waals surface area contributed by atoms with Crippen LogP contribution in [0.1, 0.15) is 30.9 Å². The van der Waals surface area contributed by atoms with Gasteiger partial charge in [-0.2, -0.15) is 11.3 Å². The van der Waals surface area contributed by atoms with Crippen molar-refractivity contribution in [2.45, 2.75) is 25.3 Å². The first-order valence-corrected chi connectivity index (χ1v) is 8.45. The molecule has 0 aliphatic carbocycles. The number of carbonyl (C=O) groups is 3. The van der Waals surface area contributed by atoms with Gasteiger partial charge < -0.3 is 5.32 Å². The topological polar surface area (TPSA) is 69.7 Å². The van der Waals surface area contributed by atoms with Gasteiger partial charge in [-0.1, -0.05) is 0 Å². The minimum absolute atomic E-state index is 0.159. The summed E-state index contributed by atoms with van der Waals surface area (Å²) in [5, 5.41) is 7.00. The summed E-state index contributed by atoms with van der Waals surface area (Å²) in [5.74, 6) is -0.779. The lowest BCUT2D eigenvalue weighted by molar-refractivity contribution is -0.142. The molecule has 0 aromatic carbocycles. The van der Waals surface area contributed by atoms with E-state index in [0.717, 1.165) is 18.0 Å². The van der Waals surface area contributed by atoms with Crippen molar-refractivity contribution in [3.05, 3.63) is 22.4 Å². The van der Waals surface area contributed by atoms with Crippen LogP contribution in [0.25, 0.3) is 0 Å². The van der Waals surface area contributed by atoms with Crippen molar-refractivity contribution in [2.75, 3.05) is 26.2 Å². The fraction of sp³-hybridized carbons (Fsp3) is 0.533. The van der Waals surface area contributed by atoms with Gasteiger partial charge in [0, 0.05) is 32.5 Å². The van der Waals surface area contributed by atoms with Gasteiger partial charge in [0.2, 0.25) is 17.7 Å². The smallest absolute Gasteiger partial charge is 0.240 e. The molecule has 0 unspecified atom stereocenters. The maximum Gasteiger partial charge on any atom is 0.240 e. The highest BCUT2D eigenvalue weighted by Gasteiger charge is 2.31. The van der Waals surface area contributed by atoms with E-state index >= 15 is 0 Å². The monoisotopic (exact) mass is 321 g/mol. The molecule has 3 amide bonds. The summed E-state index contributed by atoms with van der Waals surface area (Å²) in [6.45, 7) is 2.43. The highest BCUT2D eigenvalue weighted by atomic mass is 32.1. The maximum atomic E-state index is 12.0. The predicted octanol–water partition coefficient (Wildman–Crippen LogP) is 0.760. The maximum absolute atomic E-state index is 12.0. The van der Waals surface area contributed by atoms with Gasteiger partial charge >= 0.3 is 0 Å². The third-order valence-corrected chi connectivity index (χ3v) is 4.91. The van der Waals surface area contributed by atoms with Crippen LogP contribution in [0.3, 0.4) is 0 Å². The van der Waals surface area contributed by atoms with E-state index in [4.69, 9.17) is 0 Å². The van der Waals surface area contributed by atoms with E-state index in [1.165, 1.54) is 12.0 Å². The third-order valence-electron chi connectivity index (χ3n) is 4.21. The van der Waals surface area contributed by atoms with E-state index in [1.807, 2.05) is 5.38 Å². The van der Waals surface area contributed by atoms with Gasteiger partial charge in [0.1, 0.15) is 6.54 Å². The second-order valence-electron chi connectivity index (χ2n) is 5.64. The summed E-state index contributed by atoms with van der Waals surface area (Å²) in [7, 11) is 0. The lowest BCUT2D eigenvalue weighted by atomic mass is 10.0. The van der Waals surface area contributed by atoms with Gasteiger partial charge in [-0.15, -0.1) is 0 Å². The fourth-order valence-corrected chi connectivity index (χ4v) is 3.49. The van der Waals surface area contributed by atoms with Crippen molar-refractivity contribution in [1.29, 1.82) is 0 Å². The zero-order valence-electron chi connectivity index (χ0n) is 12.3. The molecule has 2 fully saturated rings. The second-order valence-corrected chi connectivity index (χ2v) is 6.42.